The van der Waals surface area contributed by atoms with Crippen molar-refractivity contribution < 1.29 is 19.7 Å². The SMILES string of the molecule is CC(CO)COc1ccc(C#N)c(Cl)c1.N#Cc1ccc(OCCCCCO)cc1Cl. The number of hydrogen-bond acceptors (Lipinski definition) is 6. The molecule has 2 aromatic carbocycles. The van der Waals surface area contributed by atoms with Gasteiger partial charge in [0, 0.05) is 31.3 Å². The molecule has 0 spiro atoms. The molecule has 0 fully saturated rings. The predicted octanol–water partition coefficient (Wildman–Crippen LogP) is 4.97. The standard InChI is InChI=1S/C12H14ClNO2.C11H12ClNO2/c13-12-8-11(5-4-10(12)9-14)16-7-3-1-2-6-15;1-8(6-14)7-15-10-3-2-9(5-13)11(12)4-10/h4-5,8,15H,1-3,6-7H2;2-4,8,14H,6-7H2,1H3. The van der Waals surface area contributed by atoms with Crippen LogP contribution in [-0.4, -0.2) is 36.6 Å². The average molecular weight is 465 g/mol. The van der Waals surface area contributed by atoms with Crippen LogP contribution in [0.4, 0.5) is 0 Å². The van der Waals surface area contributed by atoms with E-state index >= 15 is 0 Å². The van der Waals surface area contributed by atoms with Crippen LogP contribution in [0.1, 0.15) is 37.3 Å². The summed E-state index contributed by atoms with van der Waals surface area (Å²) in [5.41, 5.74) is 0.883. The fraction of sp³-hybridized carbons (Fsp3) is 0.391. The second-order valence-corrected chi connectivity index (χ2v) is 7.55. The quantitative estimate of drug-likeness (QED) is 0.480. The topological polar surface area (TPSA) is 106 Å². The Kier molecular flexibility index (Phi) is 13.1. The molecule has 6 nitrogen and oxygen atoms in total. The van der Waals surface area contributed by atoms with E-state index in [9.17, 15) is 0 Å². The Labute approximate surface area is 193 Å². The summed E-state index contributed by atoms with van der Waals surface area (Å²) in [4.78, 5) is 0. The zero-order valence-electron chi connectivity index (χ0n) is 17.4. The molecule has 0 heterocycles. The fourth-order valence-corrected chi connectivity index (χ4v) is 2.65. The van der Waals surface area contributed by atoms with E-state index in [1.54, 1.807) is 36.4 Å². The highest BCUT2D eigenvalue weighted by atomic mass is 35.5. The molecule has 1 unspecified atom stereocenters. The van der Waals surface area contributed by atoms with Gasteiger partial charge in [-0.05, 0) is 43.5 Å². The molecule has 0 aliphatic heterocycles. The zero-order chi connectivity index (χ0) is 23.1. The number of hydrogen-bond donors (Lipinski definition) is 2. The van der Waals surface area contributed by atoms with E-state index in [2.05, 4.69) is 0 Å². The molecular weight excluding hydrogens is 439 g/mol. The van der Waals surface area contributed by atoms with Crippen molar-refractivity contribution >= 4 is 23.2 Å². The van der Waals surface area contributed by atoms with Crippen LogP contribution in [0.15, 0.2) is 36.4 Å². The fourth-order valence-electron chi connectivity index (χ4n) is 2.22. The average Bonchev–Trinajstić information content (AvgIpc) is 2.78. The van der Waals surface area contributed by atoms with E-state index in [0.717, 1.165) is 19.3 Å². The molecule has 0 aromatic heterocycles. The third kappa shape index (κ3) is 10.4. The van der Waals surface area contributed by atoms with Gasteiger partial charge in [0.2, 0.25) is 0 Å². The van der Waals surface area contributed by atoms with Crippen LogP contribution in [0, 0.1) is 28.6 Å². The molecule has 31 heavy (non-hydrogen) atoms. The molecule has 0 saturated carbocycles. The van der Waals surface area contributed by atoms with Gasteiger partial charge >= 0.3 is 0 Å². The van der Waals surface area contributed by atoms with Crippen molar-refractivity contribution in [3.8, 4) is 23.6 Å². The van der Waals surface area contributed by atoms with Gasteiger partial charge < -0.3 is 19.7 Å². The van der Waals surface area contributed by atoms with Crippen molar-refractivity contribution in [3.05, 3.63) is 57.6 Å². The molecule has 166 valence electrons. The predicted molar refractivity (Wildman–Crippen MR) is 121 cm³/mol. The van der Waals surface area contributed by atoms with Crippen LogP contribution in [0.25, 0.3) is 0 Å². The molecule has 0 saturated heterocycles. The van der Waals surface area contributed by atoms with Gasteiger partial charge in [0.25, 0.3) is 0 Å². The number of nitriles is 2. The lowest BCUT2D eigenvalue weighted by Gasteiger charge is -2.10. The lowest BCUT2D eigenvalue weighted by Crippen LogP contribution is -2.12. The molecular formula is C23H26Cl2N2O4. The maximum Gasteiger partial charge on any atom is 0.120 e. The lowest BCUT2D eigenvalue weighted by molar-refractivity contribution is 0.174. The first-order chi connectivity index (χ1) is 14.9. The molecule has 0 radical (unpaired) electrons. The number of aliphatic hydroxyl groups excluding tert-OH is 2. The second kappa shape index (κ2) is 15.3. The molecule has 1 atom stereocenters. The Hall–Kier alpha value is -2.48. The zero-order valence-corrected chi connectivity index (χ0v) is 18.9. The molecule has 2 N–H and O–H groups in total. The number of ether oxygens (including phenoxy) is 2. The van der Waals surface area contributed by atoms with Gasteiger partial charge in [-0.2, -0.15) is 10.5 Å². The van der Waals surface area contributed by atoms with Gasteiger partial charge in [0.1, 0.15) is 23.6 Å². The molecule has 2 aromatic rings. The largest absolute Gasteiger partial charge is 0.494 e. The number of aliphatic hydroxyl groups is 2. The van der Waals surface area contributed by atoms with Gasteiger partial charge in [0.05, 0.1) is 34.4 Å². The Morgan fingerprint density at radius 3 is 1.87 bits per heavy atom. The van der Waals surface area contributed by atoms with Crippen molar-refractivity contribution in [2.45, 2.75) is 26.2 Å². The minimum Gasteiger partial charge on any atom is -0.494 e. The maximum atomic E-state index is 8.80. The highest BCUT2D eigenvalue weighted by molar-refractivity contribution is 6.32. The van der Waals surface area contributed by atoms with E-state index < -0.39 is 0 Å². The molecule has 2 rings (SSSR count). The first-order valence-electron chi connectivity index (χ1n) is 9.81. The van der Waals surface area contributed by atoms with Crippen molar-refractivity contribution in [1.29, 1.82) is 10.5 Å². The van der Waals surface area contributed by atoms with E-state index in [-0.39, 0.29) is 19.1 Å². The van der Waals surface area contributed by atoms with Gasteiger partial charge in [-0.15, -0.1) is 0 Å². The summed E-state index contributed by atoms with van der Waals surface area (Å²) in [5.74, 6) is 1.37. The van der Waals surface area contributed by atoms with E-state index in [1.807, 2.05) is 19.1 Å². The van der Waals surface area contributed by atoms with Gasteiger partial charge in [0.15, 0.2) is 0 Å². The molecule has 0 aliphatic carbocycles. The third-order valence-corrected chi connectivity index (χ3v) is 4.66. The second-order valence-electron chi connectivity index (χ2n) is 6.74. The van der Waals surface area contributed by atoms with Crippen molar-refractivity contribution in [1.82, 2.24) is 0 Å². The Bertz CT molecular complexity index is 894. The Balaban J connectivity index is 0.000000311. The summed E-state index contributed by atoms with van der Waals surface area (Å²) in [6.07, 6.45) is 2.65. The summed E-state index contributed by atoms with van der Waals surface area (Å²) in [6.45, 7) is 3.22. The Morgan fingerprint density at radius 2 is 1.42 bits per heavy atom. The number of halogens is 2. The van der Waals surface area contributed by atoms with E-state index in [1.165, 1.54) is 0 Å². The number of benzene rings is 2. The maximum absolute atomic E-state index is 8.80. The van der Waals surface area contributed by atoms with Gasteiger partial charge in [-0.3, -0.25) is 0 Å². The summed E-state index contributed by atoms with van der Waals surface area (Å²) >= 11 is 11.7. The van der Waals surface area contributed by atoms with Crippen LogP contribution >= 0.6 is 23.2 Å². The highest BCUT2D eigenvalue weighted by Gasteiger charge is 2.04. The normalized spacial score (nSPS) is 10.8. The Morgan fingerprint density at radius 1 is 0.871 bits per heavy atom. The van der Waals surface area contributed by atoms with E-state index in [4.69, 9.17) is 53.4 Å². The van der Waals surface area contributed by atoms with Crippen LogP contribution in [-0.2, 0) is 0 Å². The third-order valence-electron chi connectivity index (χ3n) is 4.04. The van der Waals surface area contributed by atoms with Crippen molar-refractivity contribution in [2.75, 3.05) is 26.4 Å². The van der Waals surface area contributed by atoms with Crippen LogP contribution < -0.4 is 9.47 Å². The first kappa shape index (κ1) is 26.6. The van der Waals surface area contributed by atoms with Crippen molar-refractivity contribution in [3.63, 3.8) is 0 Å². The smallest absolute Gasteiger partial charge is 0.120 e. The molecule has 0 amide bonds. The van der Waals surface area contributed by atoms with Gasteiger partial charge in [-0.25, -0.2) is 0 Å². The molecule has 0 bridgehead atoms. The summed E-state index contributed by atoms with van der Waals surface area (Å²) in [7, 11) is 0. The summed E-state index contributed by atoms with van der Waals surface area (Å²) < 4.78 is 10.8. The van der Waals surface area contributed by atoms with Crippen LogP contribution in [0.2, 0.25) is 10.0 Å². The highest BCUT2D eigenvalue weighted by Crippen LogP contribution is 2.23. The summed E-state index contributed by atoms with van der Waals surface area (Å²) in [5, 5.41) is 35.5. The van der Waals surface area contributed by atoms with Crippen LogP contribution in [0.3, 0.4) is 0 Å². The minimum absolute atomic E-state index is 0.0828. The van der Waals surface area contributed by atoms with Crippen LogP contribution in [0.5, 0.6) is 11.5 Å². The molecule has 8 heteroatoms. The minimum atomic E-state index is 0.0828. The summed E-state index contributed by atoms with van der Waals surface area (Å²) in [6, 6.07) is 13.9. The number of rotatable bonds is 10. The first-order valence-corrected chi connectivity index (χ1v) is 10.6. The van der Waals surface area contributed by atoms with E-state index in [0.29, 0.717) is 45.9 Å². The monoisotopic (exact) mass is 464 g/mol. The lowest BCUT2D eigenvalue weighted by atomic mass is 10.2. The number of nitrogens with zero attached hydrogens (tertiary/aromatic N) is 2. The molecule has 0 aliphatic rings. The van der Waals surface area contributed by atoms with Crippen molar-refractivity contribution in [2.24, 2.45) is 5.92 Å². The van der Waals surface area contributed by atoms with Gasteiger partial charge in [-0.1, -0.05) is 30.1 Å². The number of unbranched alkanes of at least 4 members (excludes halogenated alkanes) is 2.